The van der Waals surface area contributed by atoms with Crippen molar-refractivity contribution >= 4 is 22.3 Å². The molecule has 0 saturated heterocycles. The van der Waals surface area contributed by atoms with Gasteiger partial charge >= 0.3 is 138 Å². The van der Waals surface area contributed by atoms with Crippen LogP contribution in [0.4, 0.5) is 0 Å². The van der Waals surface area contributed by atoms with Crippen LogP contribution in [0.15, 0.2) is 72.8 Å². The van der Waals surface area contributed by atoms with Crippen LogP contribution in [0.25, 0.3) is 0 Å². The maximum atomic E-state index is 2.32. The van der Waals surface area contributed by atoms with Crippen molar-refractivity contribution in [2.75, 3.05) is 0 Å². The average Bonchev–Trinajstić information content (AvgIpc) is 2.56. The van der Waals surface area contributed by atoms with Crippen LogP contribution in [0.1, 0.15) is 39.3 Å². The first kappa shape index (κ1) is 12.0. The summed E-state index contributed by atoms with van der Waals surface area (Å²) in [6.45, 7) is 0. The summed E-state index contributed by atoms with van der Waals surface area (Å²) in [5.74, 6) is 0.400. The molecule has 0 spiro atoms. The molecule has 0 amide bonds. The molecule has 0 atom stereocenters. The van der Waals surface area contributed by atoms with Crippen molar-refractivity contribution in [2.24, 2.45) is 0 Å². The van der Waals surface area contributed by atoms with E-state index in [4.69, 9.17) is 0 Å². The molecule has 3 aliphatic rings. The summed E-state index contributed by atoms with van der Waals surface area (Å²) in [4.78, 5) is 0. The van der Waals surface area contributed by atoms with Crippen LogP contribution >= 0.6 is 0 Å². The SMILES string of the molecule is [Te]C12c3ccccc3C(c3ccccc31)c1ccccc12. The van der Waals surface area contributed by atoms with Gasteiger partial charge in [0.2, 0.25) is 0 Å². The number of rotatable bonds is 0. The van der Waals surface area contributed by atoms with Crippen molar-refractivity contribution in [3.8, 4) is 0 Å². The Balaban J connectivity index is 2.00. The Hall–Kier alpha value is -1.55. The molecule has 6 rings (SSSR count). The van der Waals surface area contributed by atoms with Crippen LogP contribution in [-0.2, 0) is 3.46 Å². The van der Waals surface area contributed by atoms with Crippen molar-refractivity contribution in [1.82, 2.24) is 0 Å². The van der Waals surface area contributed by atoms with E-state index in [0.29, 0.717) is 5.92 Å². The first-order valence-corrected chi connectivity index (χ1v) is 8.47. The summed E-state index contributed by atoms with van der Waals surface area (Å²) < 4.78 is -0.00535. The third-order valence-corrected chi connectivity index (χ3v) is 6.84. The predicted octanol–water partition coefficient (Wildman–Crippen LogP) is 3.95. The van der Waals surface area contributed by atoms with Crippen LogP contribution in [0.3, 0.4) is 0 Å². The summed E-state index contributed by atoms with van der Waals surface area (Å²) >= 11 is 2.29. The summed E-state index contributed by atoms with van der Waals surface area (Å²) in [5.41, 5.74) is 8.91. The van der Waals surface area contributed by atoms with Gasteiger partial charge in [-0.1, -0.05) is 0 Å². The van der Waals surface area contributed by atoms with Gasteiger partial charge in [-0.2, -0.15) is 0 Å². The van der Waals surface area contributed by atoms with Crippen molar-refractivity contribution in [3.05, 3.63) is 106 Å². The van der Waals surface area contributed by atoms with Gasteiger partial charge in [-0.05, 0) is 0 Å². The van der Waals surface area contributed by atoms with E-state index in [1.54, 1.807) is 0 Å². The third-order valence-electron chi connectivity index (χ3n) is 4.95. The van der Waals surface area contributed by atoms with Gasteiger partial charge in [-0.3, -0.25) is 0 Å². The fourth-order valence-corrected chi connectivity index (χ4v) is 5.74. The average molecular weight is 381 g/mol. The van der Waals surface area contributed by atoms with E-state index < -0.39 is 0 Å². The van der Waals surface area contributed by atoms with Gasteiger partial charge in [0, 0.05) is 0 Å². The molecule has 0 aliphatic heterocycles. The second kappa shape index (κ2) is 4.01. The number of hydrogen-bond donors (Lipinski definition) is 0. The van der Waals surface area contributed by atoms with Crippen LogP contribution in [0.5, 0.6) is 0 Å². The van der Waals surface area contributed by atoms with Gasteiger partial charge in [0.15, 0.2) is 0 Å². The van der Waals surface area contributed by atoms with Gasteiger partial charge in [-0.25, -0.2) is 0 Å². The van der Waals surface area contributed by atoms with E-state index in [0.717, 1.165) is 0 Å². The minimum absolute atomic E-state index is 0.00535. The van der Waals surface area contributed by atoms with E-state index in [9.17, 15) is 0 Å². The summed E-state index contributed by atoms with van der Waals surface area (Å²) in [6.07, 6.45) is 0. The summed E-state index contributed by atoms with van der Waals surface area (Å²) in [6, 6.07) is 26.9. The molecule has 0 fully saturated rings. The van der Waals surface area contributed by atoms with E-state index in [2.05, 4.69) is 95.1 Å². The molecule has 21 heavy (non-hydrogen) atoms. The Morgan fingerprint density at radius 1 is 0.571 bits per heavy atom. The van der Waals surface area contributed by atoms with Crippen molar-refractivity contribution < 1.29 is 0 Å². The van der Waals surface area contributed by atoms with Crippen molar-refractivity contribution in [1.29, 1.82) is 0 Å². The zero-order valence-corrected chi connectivity index (χ0v) is 13.7. The second-order valence-electron chi connectivity index (χ2n) is 5.88. The molecule has 1 radical (unpaired) electrons. The molecule has 0 saturated carbocycles. The molecule has 0 N–H and O–H groups in total. The molecule has 2 bridgehead atoms. The van der Waals surface area contributed by atoms with Gasteiger partial charge in [0.25, 0.3) is 0 Å². The number of benzene rings is 3. The zero-order chi connectivity index (χ0) is 14.0. The molecule has 3 aromatic rings. The van der Waals surface area contributed by atoms with Crippen LogP contribution < -0.4 is 0 Å². The van der Waals surface area contributed by atoms with Gasteiger partial charge < -0.3 is 0 Å². The minimum atomic E-state index is -0.00535. The maximum absolute atomic E-state index is 2.32. The predicted molar refractivity (Wildman–Crippen MR) is 85.9 cm³/mol. The fraction of sp³-hybridized carbons (Fsp3) is 0.100. The molecular formula is C20H13Te. The van der Waals surface area contributed by atoms with Crippen LogP contribution in [0, 0.1) is 0 Å². The van der Waals surface area contributed by atoms with Crippen molar-refractivity contribution in [3.63, 3.8) is 0 Å². The standard InChI is InChI=1S/C20H13Te/c21-20-16-10-4-1-7-13(16)19(14-8-2-5-11-17(14)20)15-9-3-6-12-18(15)20/h1-12,19H. The second-order valence-corrected chi connectivity index (χ2v) is 7.62. The molecule has 3 aromatic carbocycles. The molecule has 0 aromatic heterocycles. The third kappa shape index (κ3) is 1.32. The number of hydrogen-bond acceptors (Lipinski definition) is 0. The van der Waals surface area contributed by atoms with E-state index in [-0.39, 0.29) is 3.46 Å². The van der Waals surface area contributed by atoms with Crippen molar-refractivity contribution in [2.45, 2.75) is 9.38 Å². The first-order valence-electron chi connectivity index (χ1n) is 7.30. The van der Waals surface area contributed by atoms with Gasteiger partial charge in [0.1, 0.15) is 0 Å². The molecule has 0 heterocycles. The Labute approximate surface area is 137 Å². The van der Waals surface area contributed by atoms with Crippen LogP contribution in [-0.4, -0.2) is 22.3 Å². The monoisotopic (exact) mass is 383 g/mol. The van der Waals surface area contributed by atoms with E-state index >= 15 is 0 Å². The molecule has 1 heteroatoms. The Morgan fingerprint density at radius 2 is 0.905 bits per heavy atom. The van der Waals surface area contributed by atoms with E-state index in [1.807, 2.05) is 0 Å². The molecular weight excluding hydrogens is 368 g/mol. The fourth-order valence-electron chi connectivity index (χ4n) is 4.15. The quantitative estimate of drug-likeness (QED) is 0.518. The zero-order valence-electron chi connectivity index (χ0n) is 11.4. The molecule has 99 valence electrons. The Bertz CT molecular complexity index is 763. The van der Waals surface area contributed by atoms with Gasteiger partial charge in [0.05, 0.1) is 0 Å². The van der Waals surface area contributed by atoms with Gasteiger partial charge in [-0.15, -0.1) is 0 Å². The molecule has 0 nitrogen and oxygen atoms in total. The van der Waals surface area contributed by atoms with Crippen LogP contribution in [0.2, 0.25) is 0 Å². The normalized spacial score (nSPS) is 24.1. The summed E-state index contributed by atoms with van der Waals surface area (Å²) in [7, 11) is 0. The summed E-state index contributed by atoms with van der Waals surface area (Å²) in [5, 5.41) is 0. The Morgan fingerprint density at radius 3 is 1.29 bits per heavy atom. The molecule has 0 unspecified atom stereocenters. The molecule has 3 aliphatic carbocycles. The van der Waals surface area contributed by atoms with E-state index in [1.165, 1.54) is 33.4 Å². The topological polar surface area (TPSA) is 0 Å². The Kier molecular flexibility index (Phi) is 2.30. The first-order chi connectivity index (χ1) is 10.3.